The molecular weight excluding hydrogens is 611 g/mol. The van der Waals surface area contributed by atoms with E-state index in [1.165, 1.54) is 4.90 Å². The summed E-state index contributed by atoms with van der Waals surface area (Å²) >= 11 is 0. The Balaban J connectivity index is 1.08. The van der Waals surface area contributed by atoms with Gasteiger partial charge in [-0.05, 0) is 55.1 Å². The number of hydrogen-bond acceptors (Lipinski definition) is 6. The molecular formula is C36H45N5O5Si. The zero-order chi connectivity index (χ0) is 33.6. The highest BCUT2D eigenvalue weighted by molar-refractivity contribution is 6.76. The third-order valence-electron chi connectivity index (χ3n) is 8.90. The highest BCUT2D eigenvalue weighted by atomic mass is 28.3. The minimum Gasteiger partial charge on any atom is -0.366 e. The van der Waals surface area contributed by atoms with E-state index in [-0.39, 0.29) is 30.9 Å². The molecule has 10 nitrogen and oxygen atoms in total. The first-order valence-electron chi connectivity index (χ1n) is 16.6. The van der Waals surface area contributed by atoms with E-state index < -0.39 is 20.0 Å². The Morgan fingerprint density at radius 3 is 2.64 bits per heavy atom. The first-order valence-corrected chi connectivity index (χ1v) is 20.3. The topological polar surface area (TPSA) is 128 Å². The molecule has 11 heteroatoms. The molecule has 1 atom stereocenters. The van der Waals surface area contributed by atoms with Crippen LogP contribution < -0.4 is 5.73 Å². The largest absolute Gasteiger partial charge is 0.366 e. The molecule has 2 N–H and O–H groups in total. The third kappa shape index (κ3) is 8.37. The van der Waals surface area contributed by atoms with Gasteiger partial charge in [-0.2, -0.15) is 5.10 Å². The smallest absolute Gasteiger partial charge is 0.255 e. The number of amides is 4. The highest BCUT2D eigenvalue weighted by Crippen LogP contribution is 2.31. The van der Waals surface area contributed by atoms with E-state index in [0.717, 1.165) is 73.1 Å². The van der Waals surface area contributed by atoms with Crippen molar-refractivity contribution in [3.63, 3.8) is 0 Å². The Morgan fingerprint density at radius 2 is 1.85 bits per heavy atom. The molecule has 4 amide bonds. The molecule has 0 saturated carbocycles. The van der Waals surface area contributed by atoms with Crippen molar-refractivity contribution < 1.29 is 23.9 Å². The lowest BCUT2D eigenvalue weighted by atomic mass is 10.0. The number of nitrogens with two attached hydrogens (primary N) is 1. The maximum atomic E-state index is 13.4. The first kappa shape index (κ1) is 34.1. The maximum absolute atomic E-state index is 13.4. The summed E-state index contributed by atoms with van der Waals surface area (Å²) in [5.41, 5.74) is 9.08. The second-order valence-corrected chi connectivity index (χ2v) is 19.3. The Kier molecular flexibility index (Phi) is 10.9. The van der Waals surface area contributed by atoms with Crippen molar-refractivity contribution in [3.8, 4) is 11.8 Å². The van der Waals surface area contributed by atoms with Crippen molar-refractivity contribution in [3.05, 3.63) is 64.8 Å². The molecule has 0 bridgehead atoms. The average Bonchev–Trinajstić information content (AvgIpc) is 3.59. The Hall–Kier alpha value is -4.27. The van der Waals surface area contributed by atoms with E-state index >= 15 is 0 Å². The van der Waals surface area contributed by atoms with Crippen LogP contribution in [-0.2, 0) is 27.4 Å². The lowest BCUT2D eigenvalue weighted by Gasteiger charge is -2.35. The predicted molar refractivity (Wildman–Crippen MR) is 183 cm³/mol. The number of unbranched alkanes of at least 4 members (excludes halogenated alkanes) is 5. The monoisotopic (exact) mass is 655 g/mol. The van der Waals surface area contributed by atoms with Crippen LogP contribution >= 0.6 is 0 Å². The van der Waals surface area contributed by atoms with Gasteiger partial charge < -0.3 is 15.4 Å². The second kappa shape index (κ2) is 15.1. The molecule has 1 saturated heterocycles. The summed E-state index contributed by atoms with van der Waals surface area (Å²) in [6.07, 6.45) is 8.31. The number of carbonyl (C=O) groups excluding carboxylic acids is 4. The van der Waals surface area contributed by atoms with E-state index in [2.05, 4.69) is 36.6 Å². The molecule has 47 heavy (non-hydrogen) atoms. The Bertz CT molecular complexity index is 1720. The fraction of sp³-hybridized carbons (Fsp3) is 0.472. The molecule has 2 aromatic carbocycles. The molecule has 1 unspecified atom stereocenters. The number of ether oxygens (including phenoxy) is 1. The number of nitrogens with zero attached hydrogens (tertiary/aromatic N) is 4. The standard InChI is InChI=1S/C36H45N5O5Si/c1-47(2,3)21-20-46-25-40-33(42)18-17-31(36(40)45)39-24-30-26(13-11-14-29(30)35(39)44)12-9-7-5-4-6-8-10-19-41-32-22-27(34(37)43)15-16-28(32)23-38-41/h11,13-16,22-23,31H,4-8,10,17-21,24-25H2,1-3H3,(H2,37,43). The number of aromatic nitrogens is 2. The predicted octanol–water partition coefficient (Wildman–Crippen LogP) is 5.31. The first-order chi connectivity index (χ1) is 22.5. The molecule has 2 aliphatic heterocycles. The van der Waals surface area contributed by atoms with E-state index in [9.17, 15) is 19.2 Å². The molecule has 1 aromatic heterocycles. The summed E-state index contributed by atoms with van der Waals surface area (Å²) in [5.74, 6) is 5.32. The maximum Gasteiger partial charge on any atom is 0.255 e. The van der Waals surface area contributed by atoms with E-state index in [0.29, 0.717) is 30.7 Å². The van der Waals surface area contributed by atoms with Crippen LogP contribution in [0.2, 0.25) is 25.7 Å². The number of piperidine rings is 1. The number of benzene rings is 2. The van der Waals surface area contributed by atoms with Gasteiger partial charge in [-0.25, -0.2) is 0 Å². The van der Waals surface area contributed by atoms with Gasteiger partial charge in [0.25, 0.3) is 11.8 Å². The highest BCUT2D eigenvalue weighted by Gasteiger charge is 2.43. The summed E-state index contributed by atoms with van der Waals surface area (Å²) in [5, 5.41) is 5.45. The fourth-order valence-electron chi connectivity index (χ4n) is 6.07. The van der Waals surface area contributed by atoms with Gasteiger partial charge in [0.05, 0.1) is 11.7 Å². The van der Waals surface area contributed by atoms with Gasteiger partial charge in [0, 0.05) is 62.7 Å². The van der Waals surface area contributed by atoms with Gasteiger partial charge in [0.1, 0.15) is 12.8 Å². The van der Waals surface area contributed by atoms with Gasteiger partial charge in [0.2, 0.25) is 11.8 Å². The van der Waals surface area contributed by atoms with Crippen molar-refractivity contribution in [1.29, 1.82) is 0 Å². The van der Waals surface area contributed by atoms with E-state index in [1.54, 1.807) is 23.1 Å². The number of imide groups is 1. The van der Waals surface area contributed by atoms with Gasteiger partial charge in [0.15, 0.2) is 0 Å². The van der Waals surface area contributed by atoms with Crippen LogP contribution in [0.15, 0.2) is 42.6 Å². The van der Waals surface area contributed by atoms with Crippen molar-refractivity contribution in [2.75, 3.05) is 13.3 Å². The minimum atomic E-state index is -1.30. The lowest BCUT2D eigenvalue weighted by molar-refractivity contribution is -0.158. The number of hydrogen-bond donors (Lipinski definition) is 1. The molecule has 3 aromatic rings. The van der Waals surface area contributed by atoms with Gasteiger partial charge >= 0.3 is 0 Å². The number of carbonyl (C=O) groups is 4. The summed E-state index contributed by atoms with van der Waals surface area (Å²) in [6.45, 7) is 8.29. The number of primary amides is 1. The normalized spacial score (nSPS) is 16.5. The van der Waals surface area contributed by atoms with Crippen molar-refractivity contribution in [2.24, 2.45) is 5.73 Å². The zero-order valence-corrected chi connectivity index (χ0v) is 28.7. The van der Waals surface area contributed by atoms with Crippen LogP contribution in [0.25, 0.3) is 10.9 Å². The molecule has 3 heterocycles. The Morgan fingerprint density at radius 1 is 1.06 bits per heavy atom. The van der Waals surface area contributed by atoms with Gasteiger partial charge in [-0.1, -0.05) is 62.9 Å². The molecule has 2 aliphatic rings. The number of likely N-dealkylation sites (tertiary alicyclic amines) is 1. The summed E-state index contributed by atoms with van der Waals surface area (Å²) < 4.78 is 7.65. The molecule has 5 rings (SSSR count). The second-order valence-electron chi connectivity index (χ2n) is 13.7. The molecule has 0 aliphatic carbocycles. The van der Waals surface area contributed by atoms with Crippen LogP contribution in [0.5, 0.6) is 0 Å². The van der Waals surface area contributed by atoms with E-state index in [1.807, 2.05) is 29.1 Å². The Labute approximate surface area is 277 Å². The average molecular weight is 656 g/mol. The van der Waals surface area contributed by atoms with Crippen molar-refractivity contribution >= 4 is 42.6 Å². The zero-order valence-electron chi connectivity index (χ0n) is 27.7. The summed E-state index contributed by atoms with van der Waals surface area (Å²) in [4.78, 5) is 53.7. The van der Waals surface area contributed by atoms with Crippen LogP contribution in [0.3, 0.4) is 0 Å². The number of fused-ring (bicyclic) bond motifs is 2. The van der Waals surface area contributed by atoms with Gasteiger partial charge in [-0.15, -0.1) is 0 Å². The number of aryl methyl sites for hydroxylation is 1. The minimum absolute atomic E-state index is 0.0644. The van der Waals surface area contributed by atoms with Gasteiger partial charge in [-0.3, -0.25) is 28.8 Å². The van der Waals surface area contributed by atoms with Crippen LogP contribution in [-0.4, -0.2) is 70.7 Å². The quantitative estimate of drug-likeness (QED) is 0.109. The molecule has 0 spiro atoms. The molecule has 248 valence electrons. The van der Waals surface area contributed by atoms with Crippen LogP contribution in [0.1, 0.15) is 83.2 Å². The summed E-state index contributed by atoms with van der Waals surface area (Å²) in [6, 6.07) is 11.2. The lowest BCUT2D eigenvalue weighted by Crippen LogP contribution is -2.55. The molecule has 0 radical (unpaired) electrons. The van der Waals surface area contributed by atoms with Crippen molar-refractivity contribution in [1.82, 2.24) is 19.6 Å². The SMILES string of the molecule is C[Si](C)(C)CCOCN1C(=O)CCC(N2Cc3c(C#CCCCCCCCn4ncc5ccc(C(N)=O)cc54)cccc3C2=O)C1=O. The van der Waals surface area contributed by atoms with Crippen LogP contribution in [0.4, 0.5) is 0 Å². The number of rotatable bonds is 14. The fourth-order valence-corrected chi connectivity index (χ4v) is 6.83. The van der Waals surface area contributed by atoms with Crippen molar-refractivity contribution in [2.45, 2.75) is 96.2 Å². The summed E-state index contributed by atoms with van der Waals surface area (Å²) in [7, 11) is -1.30. The molecule has 1 fully saturated rings. The third-order valence-corrected chi connectivity index (χ3v) is 10.6. The van der Waals surface area contributed by atoms with Crippen LogP contribution in [0, 0.1) is 11.8 Å². The van der Waals surface area contributed by atoms with E-state index in [4.69, 9.17) is 10.5 Å².